The van der Waals surface area contributed by atoms with Crippen LogP contribution in [-0.2, 0) is 23.8 Å². The van der Waals surface area contributed by atoms with E-state index in [1.807, 2.05) is 32.9 Å². The van der Waals surface area contributed by atoms with Crippen molar-refractivity contribution in [2.24, 2.45) is 0 Å². The van der Waals surface area contributed by atoms with Crippen LogP contribution in [0.2, 0.25) is 0 Å². The number of alkyl carbamates (subject to hydrolysis) is 1. The first-order valence-electron chi connectivity index (χ1n) is 21.5. The fraction of sp³-hybridized carbons (Fsp3) is 0.841. The van der Waals surface area contributed by atoms with Gasteiger partial charge in [-0.15, -0.1) is 0 Å². The van der Waals surface area contributed by atoms with Gasteiger partial charge < -0.3 is 24.4 Å². The van der Waals surface area contributed by atoms with Crippen molar-refractivity contribution >= 4 is 18.0 Å². The predicted octanol–water partition coefficient (Wildman–Crippen LogP) is 11.8. The highest BCUT2D eigenvalue weighted by Crippen LogP contribution is 2.12. The minimum Gasteiger partial charge on any atom is -0.461 e. The second-order valence-corrected chi connectivity index (χ2v) is 15.4. The van der Waals surface area contributed by atoms with Crippen molar-refractivity contribution in [3.8, 4) is 0 Å². The van der Waals surface area contributed by atoms with E-state index in [4.69, 9.17) is 14.2 Å². The maximum absolute atomic E-state index is 12.0. The molecule has 8 heteroatoms. The molecule has 0 aromatic carbocycles. The van der Waals surface area contributed by atoms with Gasteiger partial charge in [-0.2, -0.15) is 0 Å². The summed E-state index contributed by atoms with van der Waals surface area (Å²) in [5.74, 6) is -0.168. The molecule has 0 saturated carbocycles. The Morgan fingerprint density at radius 3 is 1.37 bits per heavy atom. The van der Waals surface area contributed by atoms with E-state index >= 15 is 0 Å². The summed E-state index contributed by atoms with van der Waals surface area (Å²) >= 11 is 0. The zero-order valence-corrected chi connectivity index (χ0v) is 34.6. The lowest BCUT2D eigenvalue weighted by molar-refractivity contribution is -0.143. The van der Waals surface area contributed by atoms with Crippen LogP contribution in [0.15, 0.2) is 24.3 Å². The first-order valence-corrected chi connectivity index (χ1v) is 21.5. The molecule has 0 aliphatic heterocycles. The molecule has 0 aromatic rings. The van der Waals surface area contributed by atoms with Crippen LogP contribution in [-0.4, -0.2) is 67.9 Å². The highest BCUT2D eigenvalue weighted by molar-refractivity contribution is 5.69. The van der Waals surface area contributed by atoms with E-state index in [-0.39, 0.29) is 18.0 Å². The van der Waals surface area contributed by atoms with Crippen molar-refractivity contribution in [2.75, 3.05) is 39.4 Å². The quantitative estimate of drug-likeness (QED) is 0.0296. The topological polar surface area (TPSA) is 94.2 Å². The molecule has 0 fully saturated rings. The molecule has 0 bridgehead atoms. The van der Waals surface area contributed by atoms with E-state index in [9.17, 15) is 14.4 Å². The smallest absolute Gasteiger partial charge is 0.407 e. The third-order valence-electron chi connectivity index (χ3n) is 8.99. The van der Waals surface area contributed by atoms with Crippen LogP contribution in [0.3, 0.4) is 0 Å². The molecule has 0 aliphatic rings. The molecule has 0 radical (unpaired) electrons. The minimum absolute atomic E-state index is 0.0839. The standard InChI is InChI=1S/C44H82N2O6/c1-6-8-10-12-18-24-30-39-50-41(47)33-26-20-14-16-22-28-36-46(38-32-35-45-43(49)52-44(3,4)5)37-29-23-17-15-21-27-34-42(48)51-40-31-25-19-13-11-9-7-2/h24-25,30-31H,6-23,26-29,32-40H2,1-5H3,(H,45,49)/b30-24-,31-25-. The molecule has 1 amide bonds. The number of nitrogens with one attached hydrogen (secondary N) is 1. The second kappa shape index (κ2) is 37.0. The molecule has 0 aliphatic carbocycles. The van der Waals surface area contributed by atoms with Gasteiger partial charge in [-0.05, 0) is 98.2 Å². The average molecular weight is 735 g/mol. The Morgan fingerprint density at radius 2 is 0.923 bits per heavy atom. The maximum Gasteiger partial charge on any atom is 0.407 e. The molecule has 1 N–H and O–H groups in total. The van der Waals surface area contributed by atoms with E-state index in [0.29, 0.717) is 32.6 Å². The van der Waals surface area contributed by atoms with E-state index in [2.05, 4.69) is 36.2 Å². The molecule has 304 valence electrons. The van der Waals surface area contributed by atoms with E-state index in [1.165, 1.54) is 77.0 Å². The Balaban J connectivity index is 4.14. The van der Waals surface area contributed by atoms with Gasteiger partial charge in [0, 0.05) is 19.4 Å². The van der Waals surface area contributed by atoms with Gasteiger partial charge >= 0.3 is 18.0 Å². The van der Waals surface area contributed by atoms with Crippen molar-refractivity contribution in [2.45, 2.75) is 201 Å². The van der Waals surface area contributed by atoms with Crippen molar-refractivity contribution in [3.63, 3.8) is 0 Å². The number of carbonyl (C=O) groups excluding carboxylic acids is 3. The lowest BCUT2D eigenvalue weighted by atomic mass is 10.1. The van der Waals surface area contributed by atoms with Crippen LogP contribution >= 0.6 is 0 Å². The Labute approximate surface area is 320 Å². The molecule has 8 nitrogen and oxygen atoms in total. The molecule has 0 atom stereocenters. The van der Waals surface area contributed by atoms with Crippen molar-refractivity contribution in [1.82, 2.24) is 10.2 Å². The third-order valence-corrected chi connectivity index (χ3v) is 8.99. The largest absolute Gasteiger partial charge is 0.461 e. The summed E-state index contributed by atoms with van der Waals surface area (Å²) in [7, 11) is 0. The lowest BCUT2D eigenvalue weighted by Gasteiger charge is -2.23. The summed E-state index contributed by atoms with van der Waals surface area (Å²) in [6, 6.07) is 0. The molecule has 0 heterocycles. The summed E-state index contributed by atoms with van der Waals surface area (Å²) in [6.07, 6.45) is 35.3. The summed E-state index contributed by atoms with van der Waals surface area (Å²) in [5.41, 5.74) is -0.488. The fourth-order valence-electron chi connectivity index (χ4n) is 5.94. The first kappa shape index (κ1) is 49.6. The van der Waals surface area contributed by atoms with Gasteiger partial charge in [-0.3, -0.25) is 9.59 Å². The summed E-state index contributed by atoms with van der Waals surface area (Å²) in [5, 5.41) is 2.89. The number of ether oxygens (including phenoxy) is 3. The van der Waals surface area contributed by atoms with E-state index in [0.717, 1.165) is 90.3 Å². The lowest BCUT2D eigenvalue weighted by Crippen LogP contribution is -2.35. The second-order valence-electron chi connectivity index (χ2n) is 15.4. The van der Waals surface area contributed by atoms with Crippen LogP contribution in [0.4, 0.5) is 4.79 Å². The van der Waals surface area contributed by atoms with E-state index in [1.54, 1.807) is 0 Å². The number of hydrogen-bond donors (Lipinski definition) is 1. The monoisotopic (exact) mass is 735 g/mol. The van der Waals surface area contributed by atoms with Gasteiger partial charge in [-0.1, -0.05) is 128 Å². The molecule has 0 rings (SSSR count). The SMILES string of the molecule is CCCCCC/C=C\COC(=O)CCCCCCCCN(CCCCCCCCC(=O)OC/C=C\CCCCCC)CCCNC(=O)OC(C)(C)C. The number of allylic oxidation sites excluding steroid dienone is 2. The van der Waals surface area contributed by atoms with Crippen LogP contribution in [0.1, 0.15) is 195 Å². The van der Waals surface area contributed by atoms with Crippen LogP contribution < -0.4 is 5.32 Å². The van der Waals surface area contributed by atoms with Crippen molar-refractivity contribution in [1.29, 1.82) is 0 Å². The summed E-state index contributed by atoms with van der Waals surface area (Å²) in [6.45, 7) is 14.6. The van der Waals surface area contributed by atoms with Crippen LogP contribution in [0, 0.1) is 0 Å². The number of nitrogens with zero attached hydrogens (tertiary/aromatic N) is 1. The van der Waals surface area contributed by atoms with E-state index < -0.39 is 5.60 Å². The summed E-state index contributed by atoms with van der Waals surface area (Å²) < 4.78 is 16.0. The van der Waals surface area contributed by atoms with Gasteiger partial charge in [0.2, 0.25) is 0 Å². The Bertz CT molecular complexity index is 844. The molecule has 0 saturated heterocycles. The van der Waals surface area contributed by atoms with Gasteiger partial charge in [0.15, 0.2) is 0 Å². The molecular weight excluding hydrogens is 652 g/mol. The zero-order chi connectivity index (χ0) is 38.4. The van der Waals surface area contributed by atoms with Gasteiger partial charge in [0.1, 0.15) is 18.8 Å². The molecule has 52 heavy (non-hydrogen) atoms. The molecule has 0 unspecified atom stereocenters. The Hall–Kier alpha value is -2.35. The van der Waals surface area contributed by atoms with Crippen LogP contribution in [0.5, 0.6) is 0 Å². The van der Waals surface area contributed by atoms with Gasteiger partial charge in [-0.25, -0.2) is 4.79 Å². The number of carbonyl (C=O) groups is 3. The number of rotatable bonds is 36. The van der Waals surface area contributed by atoms with Crippen molar-refractivity contribution in [3.05, 3.63) is 24.3 Å². The Kier molecular flexibility index (Phi) is 35.3. The highest BCUT2D eigenvalue weighted by Gasteiger charge is 2.15. The number of hydrogen-bond acceptors (Lipinski definition) is 7. The fourth-order valence-corrected chi connectivity index (χ4v) is 5.94. The van der Waals surface area contributed by atoms with Crippen molar-refractivity contribution < 1.29 is 28.6 Å². The number of unbranched alkanes of at least 4 members (excludes halogenated alkanes) is 18. The van der Waals surface area contributed by atoms with Crippen LogP contribution in [0.25, 0.3) is 0 Å². The normalized spacial score (nSPS) is 11.9. The molecular formula is C44H82N2O6. The van der Waals surface area contributed by atoms with Gasteiger partial charge in [0.05, 0.1) is 0 Å². The third kappa shape index (κ3) is 38.9. The first-order chi connectivity index (χ1) is 25.2. The average Bonchev–Trinajstić information content (AvgIpc) is 3.10. The minimum atomic E-state index is -0.488. The molecule has 0 spiro atoms. The Morgan fingerprint density at radius 1 is 0.519 bits per heavy atom. The molecule has 0 aromatic heterocycles. The zero-order valence-electron chi connectivity index (χ0n) is 34.6. The maximum atomic E-state index is 12.0. The summed E-state index contributed by atoms with van der Waals surface area (Å²) in [4.78, 5) is 38.6. The predicted molar refractivity (Wildman–Crippen MR) is 218 cm³/mol. The van der Waals surface area contributed by atoms with Gasteiger partial charge in [0.25, 0.3) is 0 Å². The number of esters is 2. The highest BCUT2D eigenvalue weighted by atomic mass is 16.6. The number of amides is 1.